The molecule has 0 aliphatic heterocycles. The third-order valence-corrected chi connectivity index (χ3v) is 4.39. The molecule has 5 heteroatoms. The highest BCUT2D eigenvalue weighted by molar-refractivity contribution is 5.89. The van der Waals surface area contributed by atoms with Gasteiger partial charge >= 0.3 is 5.97 Å². The van der Waals surface area contributed by atoms with Gasteiger partial charge in [0.2, 0.25) is 0 Å². The fraction of sp³-hybridized carbons (Fsp3) is 0.588. The van der Waals surface area contributed by atoms with Crippen LogP contribution in [0.25, 0.3) is 0 Å². The van der Waals surface area contributed by atoms with Crippen molar-refractivity contribution in [1.82, 2.24) is 0 Å². The van der Waals surface area contributed by atoms with E-state index in [4.69, 9.17) is 4.74 Å². The Hall–Kier alpha value is -1.91. The highest BCUT2D eigenvalue weighted by atomic mass is 16.6. The quantitative estimate of drug-likeness (QED) is 0.473. The van der Waals surface area contributed by atoms with Crippen molar-refractivity contribution in [3.63, 3.8) is 0 Å². The van der Waals surface area contributed by atoms with Crippen LogP contribution in [0.15, 0.2) is 24.3 Å². The maximum absolute atomic E-state index is 12.3. The summed E-state index contributed by atoms with van der Waals surface area (Å²) in [6, 6.07) is 5.57. The van der Waals surface area contributed by atoms with E-state index in [1.807, 2.05) is 0 Å². The fourth-order valence-electron chi connectivity index (χ4n) is 3.15. The predicted octanol–water partition coefficient (Wildman–Crippen LogP) is 4.36. The fourth-order valence-corrected chi connectivity index (χ4v) is 3.15. The lowest BCUT2D eigenvalue weighted by atomic mass is 9.70. The van der Waals surface area contributed by atoms with Crippen molar-refractivity contribution in [2.45, 2.75) is 52.6 Å². The SMILES string of the molecule is CC(C)(C)C1CCCCC1OC(=O)c1ccc([N+](=O)[O-])cc1. The van der Waals surface area contributed by atoms with Crippen LogP contribution < -0.4 is 0 Å². The molecule has 1 aliphatic carbocycles. The second-order valence-corrected chi connectivity index (χ2v) is 7.00. The molecule has 2 rings (SSSR count). The molecule has 0 bridgehead atoms. The highest BCUT2D eigenvalue weighted by Gasteiger charge is 2.36. The first kappa shape index (κ1) is 16.5. The third kappa shape index (κ3) is 3.84. The molecule has 0 radical (unpaired) electrons. The molecule has 0 N–H and O–H groups in total. The molecule has 2 unspecified atom stereocenters. The van der Waals surface area contributed by atoms with E-state index in [0.717, 1.165) is 19.3 Å². The summed E-state index contributed by atoms with van der Waals surface area (Å²) >= 11 is 0. The van der Waals surface area contributed by atoms with Crippen molar-refractivity contribution in [1.29, 1.82) is 0 Å². The minimum Gasteiger partial charge on any atom is -0.458 e. The summed E-state index contributed by atoms with van der Waals surface area (Å²) in [6.45, 7) is 6.53. The first-order chi connectivity index (χ1) is 10.3. The molecule has 0 heterocycles. The van der Waals surface area contributed by atoms with Crippen molar-refractivity contribution in [2.24, 2.45) is 11.3 Å². The Bertz CT molecular complexity index is 545. The van der Waals surface area contributed by atoms with Crippen molar-refractivity contribution < 1.29 is 14.5 Å². The molecule has 1 aliphatic rings. The van der Waals surface area contributed by atoms with E-state index in [1.165, 1.54) is 30.7 Å². The van der Waals surface area contributed by atoms with E-state index in [9.17, 15) is 14.9 Å². The lowest BCUT2D eigenvalue weighted by Gasteiger charge is -2.39. The van der Waals surface area contributed by atoms with Crippen LogP contribution in [0.3, 0.4) is 0 Å². The number of carbonyl (C=O) groups excluding carboxylic acids is 1. The lowest BCUT2D eigenvalue weighted by Crippen LogP contribution is -2.38. The number of benzene rings is 1. The normalized spacial score (nSPS) is 22.1. The number of non-ortho nitro benzene ring substituents is 1. The predicted molar refractivity (Wildman–Crippen MR) is 83.7 cm³/mol. The second-order valence-electron chi connectivity index (χ2n) is 7.00. The molecule has 1 fully saturated rings. The number of hydrogen-bond acceptors (Lipinski definition) is 4. The van der Waals surface area contributed by atoms with Gasteiger partial charge in [0.05, 0.1) is 10.5 Å². The minimum absolute atomic E-state index is 0.0261. The number of nitro benzene ring substituents is 1. The summed E-state index contributed by atoms with van der Waals surface area (Å²) < 4.78 is 5.71. The Kier molecular flexibility index (Phi) is 4.84. The molecule has 0 saturated heterocycles. The van der Waals surface area contributed by atoms with E-state index in [0.29, 0.717) is 11.5 Å². The molecule has 1 saturated carbocycles. The number of nitro groups is 1. The average molecular weight is 305 g/mol. The minimum atomic E-state index is -0.480. The summed E-state index contributed by atoms with van der Waals surface area (Å²) in [5.41, 5.74) is 0.437. The average Bonchev–Trinajstić information content (AvgIpc) is 2.46. The van der Waals surface area contributed by atoms with Gasteiger partial charge in [-0.1, -0.05) is 27.2 Å². The van der Waals surface area contributed by atoms with Gasteiger partial charge in [0.1, 0.15) is 6.10 Å². The maximum atomic E-state index is 12.3. The van der Waals surface area contributed by atoms with Crippen LogP contribution in [0.4, 0.5) is 5.69 Å². The molecule has 0 aromatic heterocycles. The van der Waals surface area contributed by atoms with Crippen LogP contribution in [0, 0.1) is 21.4 Å². The Morgan fingerprint density at radius 2 is 1.77 bits per heavy atom. The molecule has 1 aromatic carbocycles. The maximum Gasteiger partial charge on any atom is 0.338 e. The van der Waals surface area contributed by atoms with Gasteiger partial charge in [0.15, 0.2) is 0 Å². The van der Waals surface area contributed by atoms with Gasteiger partial charge in [-0.25, -0.2) is 4.79 Å². The molecular formula is C17H23NO4. The first-order valence-electron chi connectivity index (χ1n) is 7.74. The van der Waals surface area contributed by atoms with Gasteiger partial charge in [-0.15, -0.1) is 0 Å². The second kappa shape index (κ2) is 6.46. The van der Waals surface area contributed by atoms with E-state index < -0.39 is 10.9 Å². The van der Waals surface area contributed by atoms with Crippen molar-refractivity contribution in [3.8, 4) is 0 Å². The Morgan fingerprint density at radius 1 is 1.18 bits per heavy atom. The van der Waals surface area contributed by atoms with Crippen LogP contribution in [0.1, 0.15) is 56.8 Å². The molecule has 1 aromatic rings. The summed E-state index contributed by atoms with van der Waals surface area (Å²) in [5.74, 6) is -0.0423. The van der Waals surface area contributed by atoms with E-state index in [1.54, 1.807) is 0 Å². The standard InChI is InChI=1S/C17H23NO4/c1-17(2,3)14-6-4-5-7-15(14)22-16(19)12-8-10-13(11-9-12)18(20)21/h8-11,14-15H,4-7H2,1-3H3. The highest BCUT2D eigenvalue weighted by Crippen LogP contribution is 2.39. The number of carbonyl (C=O) groups is 1. The third-order valence-electron chi connectivity index (χ3n) is 4.39. The molecule has 2 atom stereocenters. The summed E-state index contributed by atoms with van der Waals surface area (Å²) in [5, 5.41) is 10.6. The molecular weight excluding hydrogens is 282 g/mol. The van der Waals surface area contributed by atoms with Crippen LogP contribution in [-0.4, -0.2) is 17.0 Å². The summed E-state index contributed by atoms with van der Waals surface area (Å²) in [7, 11) is 0. The van der Waals surface area contributed by atoms with E-state index in [-0.39, 0.29) is 17.2 Å². The molecule has 0 spiro atoms. The largest absolute Gasteiger partial charge is 0.458 e. The van der Waals surface area contributed by atoms with Crippen molar-refractivity contribution in [2.75, 3.05) is 0 Å². The van der Waals surface area contributed by atoms with Gasteiger partial charge in [0.25, 0.3) is 5.69 Å². The van der Waals surface area contributed by atoms with Crippen LogP contribution in [0.2, 0.25) is 0 Å². The number of rotatable bonds is 3. The molecule has 120 valence electrons. The van der Waals surface area contributed by atoms with Gasteiger partial charge < -0.3 is 4.74 Å². The van der Waals surface area contributed by atoms with Gasteiger partial charge in [0, 0.05) is 18.1 Å². The molecule has 0 amide bonds. The van der Waals surface area contributed by atoms with Crippen molar-refractivity contribution >= 4 is 11.7 Å². The van der Waals surface area contributed by atoms with Gasteiger partial charge in [-0.05, 0) is 36.8 Å². The Labute approximate surface area is 130 Å². The van der Waals surface area contributed by atoms with Crippen LogP contribution in [0.5, 0.6) is 0 Å². The molecule has 22 heavy (non-hydrogen) atoms. The van der Waals surface area contributed by atoms with Crippen LogP contribution >= 0.6 is 0 Å². The summed E-state index contributed by atoms with van der Waals surface area (Å²) in [6.07, 6.45) is 4.14. The smallest absolute Gasteiger partial charge is 0.338 e. The van der Waals surface area contributed by atoms with Gasteiger partial charge in [-0.2, -0.15) is 0 Å². The zero-order valence-electron chi connectivity index (χ0n) is 13.4. The Morgan fingerprint density at radius 3 is 2.32 bits per heavy atom. The van der Waals surface area contributed by atoms with Crippen molar-refractivity contribution in [3.05, 3.63) is 39.9 Å². The summed E-state index contributed by atoms with van der Waals surface area (Å²) in [4.78, 5) is 22.4. The number of hydrogen-bond donors (Lipinski definition) is 0. The number of nitrogens with zero attached hydrogens (tertiary/aromatic N) is 1. The topological polar surface area (TPSA) is 69.4 Å². The monoisotopic (exact) mass is 305 g/mol. The first-order valence-corrected chi connectivity index (χ1v) is 7.74. The zero-order valence-corrected chi connectivity index (χ0v) is 13.4. The van der Waals surface area contributed by atoms with E-state index >= 15 is 0 Å². The van der Waals surface area contributed by atoms with Crippen LogP contribution in [-0.2, 0) is 4.74 Å². The number of ether oxygens (including phenoxy) is 1. The zero-order chi connectivity index (χ0) is 16.3. The number of esters is 1. The lowest BCUT2D eigenvalue weighted by molar-refractivity contribution is -0.384. The van der Waals surface area contributed by atoms with Gasteiger partial charge in [-0.3, -0.25) is 10.1 Å². The van der Waals surface area contributed by atoms with E-state index in [2.05, 4.69) is 20.8 Å². The Balaban J connectivity index is 2.08. The molecule has 5 nitrogen and oxygen atoms in total.